The number of rotatable bonds is 6. The van der Waals surface area contributed by atoms with Gasteiger partial charge in [-0.3, -0.25) is 20.0 Å². The van der Waals surface area contributed by atoms with Gasteiger partial charge in [0.2, 0.25) is 5.69 Å². The molecule has 0 spiro atoms. The first kappa shape index (κ1) is 14.4. The fourth-order valence-electron chi connectivity index (χ4n) is 2.24. The highest BCUT2D eigenvalue weighted by atomic mass is 16.6. The minimum absolute atomic E-state index is 0.0962. The highest BCUT2D eigenvalue weighted by Gasteiger charge is 2.36. The van der Waals surface area contributed by atoms with Crippen molar-refractivity contribution in [3.63, 3.8) is 0 Å². The zero-order chi connectivity index (χ0) is 14.8. The number of nitrogens with zero attached hydrogens (tertiary/aromatic N) is 2. The van der Waals surface area contributed by atoms with E-state index in [1.807, 2.05) is 6.92 Å². The molecule has 1 aliphatic carbocycles. The van der Waals surface area contributed by atoms with Crippen LogP contribution in [0.1, 0.15) is 48.8 Å². The molecule has 1 aromatic heterocycles. The molecule has 0 aliphatic heterocycles. The molecule has 1 heterocycles. The summed E-state index contributed by atoms with van der Waals surface area (Å²) >= 11 is 0. The van der Waals surface area contributed by atoms with Gasteiger partial charge in [0, 0.05) is 6.54 Å². The number of hydrogen-bond acceptors (Lipinski definition) is 5. The van der Waals surface area contributed by atoms with E-state index in [-0.39, 0.29) is 17.9 Å². The van der Waals surface area contributed by atoms with Gasteiger partial charge in [-0.15, -0.1) is 0 Å². The molecule has 0 unspecified atom stereocenters. The summed E-state index contributed by atoms with van der Waals surface area (Å²) in [5.74, 6) is -0.629. The summed E-state index contributed by atoms with van der Waals surface area (Å²) < 4.78 is 0. The summed E-state index contributed by atoms with van der Waals surface area (Å²) in [4.78, 5) is 22.4. The number of aromatic amines is 1. The zero-order valence-electron chi connectivity index (χ0n) is 11.3. The first-order valence-electron chi connectivity index (χ1n) is 6.69. The van der Waals surface area contributed by atoms with Gasteiger partial charge < -0.3 is 10.4 Å². The molecule has 1 saturated carbocycles. The van der Waals surface area contributed by atoms with E-state index in [1.54, 1.807) is 0 Å². The third-order valence-corrected chi connectivity index (χ3v) is 3.57. The highest BCUT2D eigenvalue weighted by Crippen LogP contribution is 2.31. The lowest BCUT2D eigenvalue weighted by Crippen LogP contribution is -2.47. The molecule has 8 nitrogen and oxygen atoms in total. The number of aromatic nitrogens is 2. The van der Waals surface area contributed by atoms with Crippen molar-refractivity contribution in [2.75, 3.05) is 6.54 Å². The second-order valence-corrected chi connectivity index (χ2v) is 5.17. The average Bonchev–Trinajstić information content (AvgIpc) is 2.78. The van der Waals surface area contributed by atoms with Crippen molar-refractivity contribution in [2.24, 2.45) is 0 Å². The molecule has 0 saturated heterocycles. The number of amides is 1. The highest BCUT2D eigenvalue weighted by molar-refractivity contribution is 5.96. The van der Waals surface area contributed by atoms with Crippen molar-refractivity contribution < 1.29 is 14.8 Å². The largest absolute Gasteiger partial charge is 0.388 e. The lowest BCUT2D eigenvalue weighted by atomic mass is 9.80. The first-order chi connectivity index (χ1) is 9.47. The monoisotopic (exact) mass is 282 g/mol. The van der Waals surface area contributed by atoms with Crippen LogP contribution in [0.15, 0.2) is 0 Å². The molecule has 0 bridgehead atoms. The first-order valence-corrected chi connectivity index (χ1v) is 6.69. The fraction of sp³-hybridized carbons (Fsp3) is 0.667. The molecule has 0 radical (unpaired) electrons. The molecule has 1 fully saturated rings. The maximum absolute atomic E-state index is 12.0. The summed E-state index contributed by atoms with van der Waals surface area (Å²) in [6.07, 6.45) is 3.37. The van der Waals surface area contributed by atoms with E-state index in [1.165, 1.54) is 0 Å². The van der Waals surface area contributed by atoms with Gasteiger partial charge in [0.05, 0.1) is 10.5 Å². The van der Waals surface area contributed by atoms with Crippen LogP contribution in [0.2, 0.25) is 0 Å². The minimum Gasteiger partial charge on any atom is -0.388 e. The van der Waals surface area contributed by atoms with Crippen LogP contribution in [0.3, 0.4) is 0 Å². The van der Waals surface area contributed by atoms with E-state index in [2.05, 4.69) is 15.5 Å². The van der Waals surface area contributed by atoms with E-state index in [9.17, 15) is 20.0 Å². The van der Waals surface area contributed by atoms with Crippen molar-refractivity contribution in [3.05, 3.63) is 21.5 Å². The molecule has 3 N–H and O–H groups in total. The zero-order valence-corrected chi connectivity index (χ0v) is 11.3. The molecule has 2 rings (SSSR count). The Kier molecular flexibility index (Phi) is 4.03. The number of nitro groups is 1. The van der Waals surface area contributed by atoms with Crippen LogP contribution in [0.4, 0.5) is 5.69 Å². The lowest BCUT2D eigenvalue weighted by molar-refractivity contribution is -0.385. The number of H-pyrrole nitrogens is 1. The molecular formula is C12H18N4O4. The van der Waals surface area contributed by atoms with Gasteiger partial charge >= 0.3 is 5.69 Å². The Bertz CT molecular complexity index is 522. The van der Waals surface area contributed by atoms with Gasteiger partial charge in [-0.05, 0) is 25.7 Å². The van der Waals surface area contributed by atoms with Crippen LogP contribution >= 0.6 is 0 Å². The van der Waals surface area contributed by atoms with Crippen molar-refractivity contribution in [1.82, 2.24) is 15.5 Å². The van der Waals surface area contributed by atoms with Gasteiger partial charge in [0.1, 0.15) is 5.69 Å². The van der Waals surface area contributed by atoms with Gasteiger partial charge in [-0.25, -0.2) is 0 Å². The number of carbonyl (C=O) groups excluding carboxylic acids is 1. The van der Waals surface area contributed by atoms with E-state index < -0.39 is 16.4 Å². The number of carbonyl (C=O) groups is 1. The summed E-state index contributed by atoms with van der Waals surface area (Å²) in [6.45, 7) is 1.98. The molecule has 20 heavy (non-hydrogen) atoms. The predicted octanol–water partition coefficient (Wildman–Crippen LogP) is 0.915. The number of aryl methyl sites for hydroxylation is 1. The van der Waals surface area contributed by atoms with Crippen LogP contribution in [-0.2, 0) is 6.42 Å². The predicted molar refractivity (Wildman–Crippen MR) is 70.4 cm³/mol. The van der Waals surface area contributed by atoms with Crippen LogP contribution in [0.25, 0.3) is 0 Å². The van der Waals surface area contributed by atoms with Crippen molar-refractivity contribution >= 4 is 11.6 Å². The third-order valence-electron chi connectivity index (χ3n) is 3.57. The van der Waals surface area contributed by atoms with Gasteiger partial charge in [0.25, 0.3) is 5.91 Å². The van der Waals surface area contributed by atoms with E-state index in [4.69, 9.17) is 0 Å². The van der Waals surface area contributed by atoms with Crippen LogP contribution in [-0.4, -0.2) is 38.3 Å². The number of nitrogens with one attached hydrogen (secondary N) is 2. The Morgan fingerprint density at radius 1 is 1.60 bits per heavy atom. The SMILES string of the molecule is CCCc1[nH]nc(C(=O)NCC2(O)CCC2)c1[N+](=O)[O-]. The minimum atomic E-state index is -0.868. The normalized spacial score (nSPS) is 16.5. The maximum Gasteiger partial charge on any atom is 0.322 e. The maximum atomic E-state index is 12.0. The van der Waals surface area contributed by atoms with Crippen molar-refractivity contribution in [1.29, 1.82) is 0 Å². The Labute approximate surface area is 115 Å². The summed E-state index contributed by atoms with van der Waals surface area (Å²) in [7, 11) is 0. The third kappa shape index (κ3) is 2.79. The van der Waals surface area contributed by atoms with Gasteiger partial charge in [-0.1, -0.05) is 13.3 Å². The Balaban J connectivity index is 2.10. The van der Waals surface area contributed by atoms with Crippen molar-refractivity contribution in [2.45, 2.75) is 44.6 Å². The number of hydrogen-bond donors (Lipinski definition) is 3. The van der Waals surface area contributed by atoms with Crippen LogP contribution < -0.4 is 5.32 Å². The molecule has 0 aromatic carbocycles. The summed E-state index contributed by atoms with van der Waals surface area (Å²) in [6, 6.07) is 0. The second kappa shape index (κ2) is 5.58. The summed E-state index contributed by atoms with van der Waals surface area (Å²) in [5, 5.41) is 29.8. The van der Waals surface area contributed by atoms with E-state index in [0.717, 1.165) is 6.42 Å². The van der Waals surface area contributed by atoms with E-state index >= 15 is 0 Å². The topological polar surface area (TPSA) is 121 Å². The smallest absolute Gasteiger partial charge is 0.322 e. The number of aliphatic hydroxyl groups is 1. The molecule has 8 heteroatoms. The molecule has 1 amide bonds. The summed E-state index contributed by atoms with van der Waals surface area (Å²) in [5.41, 5.74) is -1.01. The fourth-order valence-corrected chi connectivity index (χ4v) is 2.24. The van der Waals surface area contributed by atoms with E-state index in [0.29, 0.717) is 31.4 Å². The lowest BCUT2D eigenvalue weighted by Gasteiger charge is -2.36. The molecule has 0 atom stereocenters. The quantitative estimate of drug-likeness (QED) is 0.529. The molecular weight excluding hydrogens is 264 g/mol. The van der Waals surface area contributed by atoms with Gasteiger partial charge in [-0.2, -0.15) is 5.10 Å². The Morgan fingerprint density at radius 3 is 2.80 bits per heavy atom. The Morgan fingerprint density at radius 2 is 2.30 bits per heavy atom. The van der Waals surface area contributed by atoms with Gasteiger partial charge in [0.15, 0.2) is 0 Å². The van der Waals surface area contributed by atoms with Crippen LogP contribution in [0.5, 0.6) is 0 Å². The second-order valence-electron chi connectivity index (χ2n) is 5.17. The molecule has 1 aliphatic rings. The molecule has 1 aromatic rings. The molecule has 110 valence electrons. The van der Waals surface area contributed by atoms with Crippen molar-refractivity contribution in [3.8, 4) is 0 Å². The Hall–Kier alpha value is -1.96. The van der Waals surface area contributed by atoms with Crippen LogP contribution in [0, 0.1) is 10.1 Å². The average molecular weight is 282 g/mol. The standard InChI is InChI=1S/C12H18N4O4/c1-2-4-8-10(16(19)20)9(15-14-8)11(17)13-7-12(18)5-3-6-12/h18H,2-7H2,1H3,(H,13,17)(H,14,15).